The van der Waals surface area contributed by atoms with Gasteiger partial charge in [0.2, 0.25) is 0 Å². The molecule has 1 atom stereocenters. The number of hydrogen-bond acceptors (Lipinski definition) is 3. The van der Waals surface area contributed by atoms with Gasteiger partial charge in [0.15, 0.2) is 0 Å². The number of nitrogens with zero attached hydrogens (tertiary/aromatic N) is 2. The highest BCUT2D eigenvalue weighted by atomic mass is 16.3. The maximum absolute atomic E-state index is 9.27. The third-order valence-electron chi connectivity index (χ3n) is 4.21. The van der Waals surface area contributed by atoms with Crippen molar-refractivity contribution in [1.29, 1.82) is 0 Å². The van der Waals surface area contributed by atoms with Crippen LogP contribution < -0.4 is 0 Å². The van der Waals surface area contributed by atoms with Crippen LogP contribution in [-0.2, 0) is 0 Å². The van der Waals surface area contributed by atoms with Crippen molar-refractivity contribution in [3.8, 4) is 0 Å². The fourth-order valence-corrected chi connectivity index (χ4v) is 3.09. The summed E-state index contributed by atoms with van der Waals surface area (Å²) >= 11 is 0. The average Bonchev–Trinajstić information content (AvgIpc) is 2.49. The van der Waals surface area contributed by atoms with E-state index in [2.05, 4.69) is 60.1 Å². The van der Waals surface area contributed by atoms with Crippen molar-refractivity contribution in [3.63, 3.8) is 0 Å². The first kappa shape index (κ1) is 16.2. The summed E-state index contributed by atoms with van der Waals surface area (Å²) in [6.45, 7) is 9.02. The third kappa shape index (κ3) is 4.95. The van der Waals surface area contributed by atoms with Crippen LogP contribution in [0.15, 0.2) is 36.4 Å². The zero-order valence-corrected chi connectivity index (χ0v) is 13.3. The summed E-state index contributed by atoms with van der Waals surface area (Å²) in [7, 11) is 0. The molecule has 0 amide bonds. The highest BCUT2D eigenvalue weighted by Crippen LogP contribution is 2.16. The van der Waals surface area contributed by atoms with Crippen LogP contribution in [0.25, 0.3) is 6.08 Å². The monoisotopic (exact) mass is 288 g/mol. The molecule has 1 aromatic rings. The normalized spacial score (nSPS) is 21.4. The molecule has 116 valence electrons. The van der Waals surface area contributed by atoms with E-state index < -0.39 is 0 Å². The summed E-state index contributed by atoms with van der Waals surface area (Å²) in [6, 6.07) is 11.5. The van der Waals surface area contributed by atoms with Gasteiger partial charge in [0.25, 0.3) is 0 Å². The lowest BCUT2D eigenvalue weighted by Gasteiger charge is -2.43. The lowest BCUT2D eigenvalue weighted by atomic mass is 10.1. The van der Waals surface area contributed by atoms with E-state index >= 15 is 0 Å². The molecule has 1 aliphatic rings. The summed E-state index contributed by atoms with van der Waals surface area (Å²) in [5.41, 5.74) is 1.25. The highest BCUT2D eigenvalue weighted by Gasteiger charge is 2.27. The number of hydrogen-bond donors (Lipinski definition) is 1. The van der Waals surface area contributed by atoms with Crippen molar-refractivity contribution in [2.24, 2.45) is 0 Å². The number of benzene rings is 1. The van der Waals surface area contributed by atoms with E-state index in [0.717, 1.165) is 32.6 Å². The largest absolute Gasteiger partial charge is 0.396 e. The zero-order valence-electron chi connectivity index (χ0n) is 13.3. The topological polar surface area (TPSA) is 26.7 Å². The Kier molecular flexibility index (Phi) is 6.43. The molecule has 0 radical (unpaired) electrons. The van der Waals surface area contributed by atoms with Gasteiger partial charge in [-0.15, -0.1) is 0 Å². The minimum atomic E-state index is 0.279. The van der Waals surface area contributed by atoms with Crippen LogP contribution in [-0.4, -0.2) is 59.8 Å². The maximum Gasteiger partial charge on any atom is 0.0446 e. The number of rotatable bonds is 6. The van der Waals surface area contributed by atoms with E-state index in [-0.39, 0.29) is 6.61 Å². The lowest BCUT2D eigenvalue weighted by Crippen LogP contribution is -2.55. The Morgan fingerprint density at radius 1 is 1.24 bits per heavy atom. The van der Waals surface area contributed by atoms with Crippen molar-refractivity contribution >= 4 is 6.08 Å². The smallest absolute Gasteiger partial charge is 0.0446 e. The van der Waals surface area contributed by atoms with Crippen molar-refractivity contribution in [2.45, 2.75) is 32.4 Å². The Hall–Kier alpha value is -1.16. The van der Waals surface area contributed by atoms with Crippen LogP contribution in [0, 0.1) is 0 Å². The number of piperazine rings is 1. The second-order valence-electron chi connectivity index (χ2n) is 6.07. The van der Waals surface area contributed by atoms with E-state index in [0.29, 0.717) is 12.1 Å². The van der Waals surface area contributed by atoms with E-state index in [1.54, 1.807) is 0 Å². The predicted octanol–water partition coefficient (Wildman–Crippen LogP) is 2.48. The quantitative estimate of drug-likeness (QED) is 0.871. The van der Waals surface area contributed by atoms with E-state index in [1.165, 1.54) is 5.56 Å². The van der Waals surface area contributed by atoms with Crippen LogP contribution in [0.4, 0.5) is 0 Å². The molecule has 1 fully saturated rings. The summed E-state index contributed by atoms with van der Waals surface area (Å²) in [6.07, 6.45) is 5.31. The van der Waals surface area contributed by atoms with Gasteiger partial charge in [-0.05, 0) is 25.8 Å². The van der Waals surface area contributed by atoms with Gasteiger partial charge in [0.05, 0.1) is 0 Å². The molecule has 1 N–H and O–H groups in total. The SMILES string of the molecule is CC(C)N1CCN(C/C=C/c2ccccc2)CC1CCO. The molecule has 0 aliphatic carbocycles. The molecule has 1 aliphatic heterocycles. The van der Waals surface area contributed by atoms with Crippen molar-refractivity contribution < 1.29 is 5.11 Å². The summed E-state index contributed by atoms with van der Waals surface area (Å²) in [5.74, 6) is 0. The van der Waals surface area contributed by atoms with Crippen molar-refractivity contribution in [3.05, 3.63) is 42.0 Å². The summed E-state index contributed by atoms with van der Waals surface area (Å²) in [5, 5.41) is 9.27. The van der Waals surface area contributed by atoms with Gasteiger partial charge >= 0.3 is 0 Å². The third-order valence-corrected chi connectivity index (χ3v) is 4.21. The van der Waals surface area contributed by atoms with Crippen molar-refractivity contribution in [2.75, 3.05) is 32.8 Å². The van der Waals surface area contributed by atoms with Crippen LogP contribution in [0.2, 0.25) is 0 Å². The zero-order chi connectivity index (χ0) is 15.1. The molecule has 0 aromatic heterocycles. The average molecular weight is 288 g/mol. The first-order valence-electron chi connectivity index (χ1n) is 8.01. The summed E-state index contributed by atoms with van der Waals surface area (Å²) in [4.78, 5) is 5.01. The maximum atomic E-state index is 9.27. The fourth-order valence-electron chi connectivity index (χ4n) is 3.09. The van der Waals surface area contributed by atoms with Gasteiger partial charge in [0, 0.05) is 44.9 Å². The van der Waals surface area contributed by atoms with Crippen LogP contribution in [0.3, 0.4) is 0 Å². The lowest BCUT2D eigenvalue weighted by molar-refractivity contribution is 0.0435. The minimum Gasteiger partial charge on any atom is -0.396 e. The molecule has 1 saturated heterocycles. The van der Waals surface area contributed by atoms with E-state index in [1.807, 2.05) is 6.07 Å². The van der Waals surface area contributed by atoms with Crippen molar-refractivity contribution in [1.82, 2.24) is 9.80 Å². The van der Waals surface area contributed by atoms with Gasteiger partial charge < -0.3 is 5.11 Å². The Bertz CT molecular complexity index is 430. The molecule has 1 aromatic carbocycles. The van der Waals surface area contributed by atoms with Gasteiger partial charge in [-0.3, -0.25) is 9.80 Å². The molecule has 3 heteroatoms. The Balaban J connectivity index is 1.86. The van der Waals surface area contributed by atoms with Gasteiger partial charge in [-0.2, -0.15) is 0 Å². The first-order valence-corrected chi connectivity index (χ1v) is 8.01. The molecule has 0 saturated carbocycles. The molecule has 1 unspecified atom stereocenters. The van der Waals surface area contributed by atoms with E-state index in [4.69, 9.17) is 0 Å². The second kappa shape index (κ2) is 8.32. The predicted molar refractivity (Wildman–Crippen MR) is 89.2 cm³/mol. The van der Waals surface area contributed by atoms with Gasteiger partial charge in [-0.25, -0.2) is 0 Å². The summed E-state index contributed by atoms with van der Waals surface area (Å²) < 4.78 is 0. The molecule has 0 spiro atoms. The number of aliphatic hydroxyl groups excluding tert-OH is 1. The Labute approximate surface area is 128 Å². The molecule has 21 heavy (non-hydrogen) atoms. The van der Waals surface area contributed by atoms with Gasteiger partial charge in [-0.1, -0.05) is 42.5 Å². The fraction of sp³-hybridized carbons (Fsp3) is 0.556. The van der Waals surface area contributed by atoms with Crippen LogP contribution in [0.5, 0.6) is 0 Å². The Morgan fingerprint density at radius 3 is 2.67 bits per heavy atom. The molecule has 0 bridgehead atoms. The van der Waals surface area contributed by atoms with Crippen LogP contribution in [0.1, 0.15) is 25.8 Å². The Morgan fingerprint density at radius 2 is 2.00 bits per heavy atom. The second-order valence-corrected chi connectivity index (χ2v) is 6.07. The standard InChI is InChI=1S/C18H28N2O/c1-16(2)20-13-12-19(15-18(20)10-14-21)11-6-9-17-7-4-3-5-8-17/h3-9,16,18,21H,10-15H2,1-2H3/b9-6+. The van der Waals surface area contributed by atoms with Crippen LogP contribution >= 0.6 is 0 Å². The highest BCUT2D eigenvalue weighted by molar-refractivity contribution is 5.48. The first-order chi connectivity index (χ1) is 10.2. The molecular weight excluding hydrogens is 260 g/mol. The number of aliphatic hydroxyl groups is 1. The van der Waals surface area contributed by atoms with E-state index in [9.17, 15) is 5.11 Å². The molecule has 2 rings (SSSR count). The molecule has 1 heterocycles. The van der Waals surface area contributed by atoms with Gasteiger partial charge in [0.1, 0.15) is 0 Å². The molecule has 3 nitrogen and oxygen atoms in total. The minimum absolute atomic E-state index is 0.279. The molecular formula is C18H28N2O.